The molecule has 0 aromatic heterocycles. The summed E-state index contributed by atoms with van der Waals surface area (Å²) in [6, 6.07) is 0. The van der Waals surface area contributed by atoms with Gasteiger partial charge in [-0.3, -0.25) is 0 Å². The van der Waals surface area contributed by atoms with E-state index in [0.29, 0.717) is 0 Å². The molecule has 0 aromatic carbocycles. The molecule has 0 heterocycles. The van der Waals surface area contributed by atoms with Gasteiger partial charge in [-0.25, -0.2) is 0 Å². The molecule has 0 N–H and O–H groups in total. The van der Waals surface area contributed by atoms with Crippen molar-refractivity contribution >= 4 is 23.5 Å². The predicted molar refractivity (Wildman–Crippen MR) is 59.8 cm³/mol. The third-order valence-corrected chi connectivity index (χ3v) is 3.57. The van der Waals surface area contributed by atoms with Crippen molar-refractivity contribution in [3.05, 3.63) is 0 Å². The second kappa shape index (κ2) is 7.35. The largest absolute Gasteiger partial charge is 0.159 e. The van der Waals surface area contributed by atoms with Crippen molar-refractivity contribution in [3.8, 4) is 0 Å². The summed E-state index contributed by atoms with van der Waals surface area (Å²) in [5.74, 6) is 2.66. The van der Waals surface area contributed by atoms with Gasteiger partial charge in [0, 0.05) is 0 Å². The van der Waals surface area contributed by atoms with Crippen LogP contribution in [0, 0.1) is 0 Å². The van der Waals surface area contributed by atoms with Gasteiger partial charge in [-0.1, -0.05) is 27.7 Å². The molecular weight excluding hydrogens is 172 g/mol. The van der Waals surface area contributed by atoms with Crippen LogP contribution in [0.3, 0.4) is 0 Å². The highest BCUT2D eigenvalue weighted by atomic mass is 32.2. The zero-order chi connectivity index (χ0) is 8.69. The number of hydrogen-bond donors (Lipinski definition) is 0. The van der Waals surface area contributed by atoms with Crippen molar-refractivity contribution in [3.63, 3.8) is 0 Å². The van der Waals surface area contributed by atoms with Crippen molar-refractivity contribution in [2.24, 2.45) is 0 Å². The molecule has 0 atom stereocenters. The molecule has 0 aliphatic heterocycles. The highest BCUT2D eigenvalue weighted by molar-refractivity contribution is 8.00. The van der Waals surface area contributed by atoms with E-state index in [0.717, 1.165) is 10.5 Å². The minimum atomic E-state index is 0.805. The molecule has 0 saturated heterocycles. The van der Waals surface area contributed by atoms with Crippen LogP contribution >= 0.6 is 23.5 Å². The maximum Gasteiger partial charge on any atom is -0.000968 e. The molecule has 2 heteroatoms. The first kappa shape index (κ1) is 11.7. The summed E-state index contributed by atoms with van der Waals surface area (Å²) in [5, 5.41) is 1.61. The lowest BCUT2D eigenvalue weighted by molar-refractivity contribution is 1.06. The van der Waals surface area contributed by atoms with Gasteiger partial charge >= 0.3 is 0 Å². The molecule has 0 aromatic rings. The van der Waals surface area contributed by atoms with Gasteiger partial charge < -0.3 is 0 Å². The van der Waals surface area contributed by atoms with E-state index in [1.807, 2.05) is 0 Å². The molecule has 0 aliphatic carbocycles. The van der Waals surface area contributed by atoms with Gasteiger partial charge in [0.05, 0.1) is 0 Å². The van der Waals surface area contributed by atoms with Crippen LogP contribution in [0.25, 0.3) is 0 Å². The van der Waals surface area contributed by atoms with Crippen molar-refractivity contribution < 1.29 is 0 Å². The van der Waals surface area contributed by atoms with Crippen LogP contribution in [0.5, 0.6) is 0 Å². The van der Waals surface area contributed by atoms with Crippen molar-refractivity contribution in [1.82, 2.24) is 0 Å². The van der Waals surface area contributed by atoms with Gasteiger partial charge in [0.2, 0.25) is 0 Å². The van der Waals surface area contributed by atoms with Gasteiger partial charge in [0.15, 0.2) is 0 Å². The first-order chi connectivity index (χ1) is 5.13. The summed E-state index contributed by atoms with van der Waals surface area (Å²) < 4.78 is 0. The van der Waals surface area contributed by atoms with Gasteiger partial charge in [0.25, 0.3) is 0 Å². The van der Waals surface area contributed by atoms with Crippen molar-refractivity contribution in [1.29, 1.82) is 0 Å². The Balaban J connectivity index is 2.91. The van der Waals surface area contributed by atoms with Crippen LogP contribution in [0.1, 0.15) is 34.1 Å². The summed E-state index contributed by atoms with van der Waals surface area (Å²) in [7, 11) is 0. The van der Waals surface area contributed by atoms with Crippen molar-refractivity contribution in [2.45, 2.75) is 44.6 Å². The second-order valence-corrected chi connectivity index (χ2v) is 6.56. The smallest absolute Gasteiger partial charge is 0.000968 e. The lowest BCUT2D eigenvalue weighted by Gasteiger charge is -2.05. The lowest BCUT2D eigenvalue weighted by Crippen LogP contribution is -1.94. The summed E-state index contributed by atoms with van der Waals surface area (Å²) >= 11 is 4.14. The van der Waals surface area contributed by atoms with E-state index in [1.54, 1.807) is 0 Å². The Morgan fingerprint density at radius 1 is 0.818 bits per heavy atom. The molecule has 0 radical (unpaired) electrons. The summed E-state index contributed by atoms with van der Waals surface area (Å²) in [6.07, 6.45) is 1.37. The lowest BCUT2D eigenvalue weighted by atomic mass is 10.6. The fourth-order valence-electron chi connectivity index (χ4n) is 0.697. The monoisotopic (exact) mass is 192 g/mol. The molecule has 0 spiro atoms. The summed E-state index contributed by atoms with van der Waals surface area (Å²) in [6.45, 7) is 9.06. The zero-order valence-corrected chi connectivity index (χ0v) is 9.73. The first-order valence-corrected chi connectivity index (χ1v) is 6.46. The predicted octanol–water partition coefficient (Wildman–Crippen LogP) is 3.66. The molecule has 0 amide bonds. The topological polar surface area (TPSA) is 0 Å². The Bertz CT molecular complexity index is 69.6. The number of thioether (sulfide) groups is 2. The van der Waals surface area contributed by atoms with Gasteiger partial charge in [-0.05, 0) is 28.4 Å². The molecule has 0 unspecified atom stereocenters. The molecule has 0 fully saturated rings. The number of hydrogen-bond acceptors (Lipinski definition) is 2. The fraction of sp³-hybridized carbons (Fsp3) is 1.00. The van der Waals surface area contributed by atoms with Gasteiger partial charge in [0.1, 0.15) is 0 Å². The standard InChI is InChI=1S/C9H20S2/c1-8(2)10-6-5-7-11-9(3)4/h8-9H,5-7H2,1-4H3. The Morgan fingerprint density at radius 3 is 1.45 bits per heavy atom. The molecule has 0 saturated carbocycles. The average Bonchev–Trinajstić information content (AvgIpc) is 1.85. The third kappa shape index (κ3) is 10.7. The summed E-state index contributed by atoms with van der Waals surface area (Å²) in [4.78, 5) is 0. The van der Waals surface area contributed by atoms with Crippen LogP contribution in [0.4, 0.5) is 0 Å². The van der Waals surface area contributed by atoms with Crippen LogP contribution in [0.15, 0.2) is 0 Å². The minimum Gasteiger partial charge on any atom is -0.159 e. The Hall–Kier alpha value is 0.700. The molecule has 11 heavy (non-hydrogen) atoms. The highest BCUT2D eigenvalue weighted by Crippen LogP contribution is 2.15. The maximum absolute atomic E-state index is 2.26. The first-order valence-electron chi connectivity index (χ1n) is 4.36. The summed E-state index contributed by atoms with van der Waals surface area (Å²) in [5.41, 5.74) is 0. The molecule has 0 rings (SSSR count). The van der Waals surface area contributed by atoms with E-state index < -0.39 is 0 Å². The Morgan fingerprint density at radius 2 is 1.18 bits per heavy atom. The average molecular weight is 192 g/mol. The van der Waals surface area contributed by atoms with Crippen LogP contribution in [0.2, 0.25) is 0 Å². The maximum atomic E-state index is 2.26. The zero-order valence-electron chi connectivity index (χ0n) is 8.09. The molecule has 0 aliphatic rings. The minimum absolute atomic E-state index is 0.805. The van der Waals surface area contributed by atoms with Crippen molar-refractivity contribution in [2.75, 3.05) is 11.5 Å². The van der Waals surface area contributed by atoms with E-state index in [4.69, 9.17) is 0 Å². The normalized spacial score (nSPS) is 11.5. The Kier molecular flexibility index (Phi) is 7.82. The van der Waals surface area contributed by atoms with E-state index in [-0.39, 0.29) is 0 Å². The van der Waals surface area contributed by atoms with E-state index in [2.05, 4.69) is 51.2 Å². The van der Waals surface area contributed by atoms with E-state index in [1.165, 1.54) is 17.9 Å². The Labute approximate surface area is 79.9 Å². The molecule has 0 bridgehead atoms. The number of rotatable bonds is 6. The highest BCUT2D eigenvalue weighted by Gasteiger charge is 1.96. The second-order valence-electron chi connectivity index (χ2n) is 3.19. The van der Waals surface area contributed by atoms with Gasteiger partial charge in [-0.15, -0.1) is 0 Å². The quantitative estimate of drug-likeness (QED) is 0.589. The molecule has 0 nitrogen and oxygen atoms in total. The third-order valence-electron chi connectivity index (χ3n) is 1.19. The van der Waals surface area contributed by atoms with Crippen LogP contribution < -0.4 is 0 Å². The SMILES string of the molecule is CC(C)SCCCSC(C)C. The fourth-order valence-corrected chi connectivity index (χ4v) is 2.44. The van der Waals surface area contributed by atoms with E-state index >= 15 is 0 Å². The van der Waals surface area contributed by atoms with Crippen LogP contribution in [-0.2, 0) is 0 Å². The van der Waals surface area contributed by atoms with Crippen LogP contribution in [-0.4, -0.2) is 22.0 Å². The molecular formula is C9H20S2. The molecule has 68 valence electrons. The van der Waals surface area contributed by atoms with E-state index in [9.17, 15) is 0 Å². The van der Waals surface area contributed by atoms with Gasteiger partial charge in [-0.2, -0.15) is 23.5 Å².